The molecule has 0 heterocycles. The van der Waals surface area contributed by atoms with Crippen LogP contribution >= 0.6 is 0 Å². The molecule has 19 heavy (non-hydrogen) atoms. The number of rotatable bonds is 3. The summed E-state index contributed by atoms with van der Waals surface area (Å²) < 4.78 is 26.9. The van der Waals surface area contributed by atoms with Crippen LogP contribution in [0.1, 0.15) is 11.1 Å². The maximum absolute atomic E-state index is 13.5. The first kappa shape index (κ1) is 13.2. The first-order valence-corrected chi connectivity index (χ1v) is 5.78. The van der Waals surface area contributed by atoms with Crippen LogP contribution in [0.2, 0.25) is 0 Å². The Morgan fingerprint density at radius 3 is 2.58 bits per heavy atom. The van der Waals surface area contributed by atoms with E-state index in [9.17, 15) is 8.78 Å². The zero-order valence-corrected chi connectivity index (χ0v) is 10.4. The number of hydrogen-bond acceptors (Lipinski definition) is 2. The van der Waals surface area contributed by atoms with Crippen LogP contribution in [0.5, 0.6) is 0 Å². The van der Waals surface area contributed by atoms with Gasteiger partial charge in [0.1, 0.15) is 11.6 Å². The van der Waals surface area contributed by atoms with E-state index in [1.54, 1.807) is 25.2 Å². The molecule has 0 amide bonds. The van der Waals surface area contributed by atoms with Crippen LogP contribution in [-0.2, 0) is 6.54 Å². The van der Waals surface area contributed by atoms with Crippen molar-refractivity contribution >= 4 is 0 Å². The van der Waals surface area contributed by atoms with Gasteiger partial charge in [-0.1, -0.05) is 6.07 Å². The van der Waals surface area contributed by atoms with Crippen molar-refractivity contribution in [1.29, 1.82) is 5.26 Å². The van der Waals surface area contributed by atoms with Crippen molar-refractivity contribution in [2.24, 2.45) is 0 Å². The maximum Gasteiger partial charge on any atom is 0.127 e. The molecule has 0 atom stereocenters. The zero-order chi connectivity index (χ0) is 13.8. The van der Waals surface area contributed by atoms with Gasteiger partial charge < -0.3 is 5.32 Å². The van der Waals surface area contributed by atoms with Gasteiger partial charge in [-0.2, -0.15) is 5.26 Å². The molecular formula is C15H12F2N2. The van der Waals surface area contributed by atoms with Crippen LogP contribution in [0.25, 0.3) is 11.1 Å². The van der Waals surface area contributed by atoms with Crippen LogP contribution in [-0.4, -0.2) is 7.05 Å². The Balaban J connectivity index is 2.50. The lowest BCUT2D eigenvalue weighted by molar-refractivity contribution is 0.601. The Labute approximate surface area is 110 Å². The molecule has 1 N–H and O–H groups in total. The highest BCUT2D eigenvalue weighted by Crippen LogP contribution is 2.24. The average Bonchev–Trinajstić information content (AvgIpc) is 2.40. The largest absolute Gasteiger partial charge is 0.316 e. The van der Waals surface area contributed by atoms with E-state index in [1.165, 1.54) is 18.2 Å². The Morgan fingerprint density at radius 2 is 1.89 bits per heavy atom. The van der Waals surface area contributed by atoms with Crippen molar-refractivity contribution in [2.45, 2.75) is 6.54 Å². The summed E-state index contributed by atoms with van der Waals surface area (Å²) in [5.41, 5.74) is 1.99. The second kappa shape index (κ2) is 5.59. The van der Waals surface area contributed by atoms with E-state index in [0.29, 0.717) is 23.2 Å². The molecule has 0 unspecified atom stereocenters. The molecule has 0 saturated carbocycles. The minimum absolute atomic E-state index is 0.245. The Hall–Kier alpha value is -2.25. The van der Waals surface area contributed by atoms with Crippen molar-refractivity contribution in [3.05, 3.63) is 59.2 Å². The molecule has 0 aliphatic carbocycles. The van der Waals surface area contributed by atoms with Crippen LogP contribution in [0.3, 0.4) is 0 Å². The highest BCUT2D eigenvalue weighted by atomic mass is 19.1. The number of nitrogens with zero attached hydrogens (tertiary/aromatic N) is 1. The monoisotopic (exact) mass is 258 g/mol. The van der Waals surface area contributed by atoms with Gasteiger partial charge in [-0.15, -0.1) is 0 Å². The molecule has 0 aliphatic heterocycles. The molecule has 2 aromatic carbocycles. The molecule has 0 saturated heterocycles. The number of nitrogens with one attached hydrogen (secondary N) is 1. The fraction of sp³-hybridized carbons (Fsp3) is 0.133. The predicted molar refractivity (Wildman–Crippen MR) is 69.3 cm³/mol. The van der Waals surface area contributed by atoms with Crippen molar-refractivity contribution in [2.75, 3.05) is 7.05 Å². The molecule has 0 aromatic heterocycles. The van der Waals surface area contributed by atoms with E-state index >= 15 is 0 Å². The molecule has 96 valence electrons. The number of benzene rings is 2. The smallest absolute Gasteiger partial charge is 0.127 e. The SMILES string of the molecule is CNCc1cc(-c2cc(F)cc(C#N)c2)ccc1F. The number of hydrogen-bond donors (Lipinski definition) is 1. The predicted octanol–water partition coefficient (Wildman–Crippen LogP) is 3.22. The van der Waals surface area contributed by atoms with Gasteiger partial charge in [-0.3, -0.25) is 0 Å². The quantitative estimate of drug-likeness (QED) is 0.917. The summed E-state index contributed by atoms with van der Waals surface area (Å²) in [6, 6.07) is 10.6. The van der Waals surface area contributed by atoms with E-state index in [1.807, 2.05) is 6.07 Å². The van der Waals surface area contributed by atoms with Gasteiger partial charge in [-0.05, 0) is 48.5 Å². The lowest BCUT2D eigenvalue weighted by Crippen LogP contribution is -2.07. The third-order valence-corrected chi connectivity index (χ3v) is 2.77. The first-order valence-electron chi connectivity index (χ1n) is 5.78. The first-order chi connectivity index (χ1) is 9.13. The Kier molecular flexibility index (Phi) is 3.88. The summed E-state index contributed by atoms with van der Waals surface area (Å²) >= 11 is 0. The summed E-state index contributed by atoms with van der Waals surface area (Å²) in [6.45, 7) is 0.389. The lowest BCUT2D eigenvalue weighted by atomic mass is 10.0. The topological polar surface area (TPSA) is 35.8 Å². The highest BCUT2D eigenvalue weighted by molar-refractivity contribution is 5.66. The second-order valence-electron chi connectivity index (χ2n) is 4.18. The average molecular weight is 258 g/mol. The molecular weight excluding hydrogens is 246 g/mol. The van der Waals surface area contributed by atoms with Crippen LogP contribution in [0.15, 0.2) is 36.4 Å². The molecule has 2 nitrogen and oxygen atoms in total. The summed E-state index contributed by atoms with van der Waals surface area (Å²) in [6.07, 6.45) is 0. The van der Waals surface area contributed by atoms with Gasteiger partial charge in [0.15, 0.2) is 0 Å². The minimum atomic E-state index is -0.478. The fourth-order valence-corrected chi connectivity index (χ4v) is 1.90. The minimum Gasteiger partial charge on any atom is -0.316 e. The molecule has 0 fully saturated rings. The molecule has 0 radical (unpaired) electrons. The zero-order valence-electron chi connectivity index (χ0n) is 10.4. The van der Waals surface area contributed by atoms with E-state index in [4.69, 9.17) is 5.26 Å². The molecule has 0 aliphatic rings. The third-order valence-electron chi connectivity index (χ3n) is 2.77. The van der Waals surface area contributed by atoms with Gasteiger partial charge in [0, 0.05) is 12.1 Å². The van der Waals surface area contributed by atoms with E-state index in [0.717, 1.165) is 0 Å². The number of nitriles is 1. The summed E-state index contributed by atoms with van der Waals surface area (Å²) in [7, 11) is 1.72. The maximum atomic E-state index is 13.5. The van der Waals surface area contributed by atoms with Crippen LogP contribution in [0, 0.1) is 23.0 Å². The van der Waals surface area contributed by atoms with Crippen LogP contribution in [0.4, 0.5) is 8.78 Å². The Bertz CT molecular complexity index is 645. The molecule has 2 rings (SSSR count). The van der Waals surface area contributed by atoms with Crippen molar-refractivity contribution in [1.82, 2.24) is 5.32 Å². The summed E-state index contributed by atoms with van der Waals surface area (Å²) in [5, 5.41) is 11.7. The standard InChI is InChI=1S/C15H12F2N2/c1-19-9-13-6-11(2-3-15(13)17)12-4-10(8-18)5-14(16)7-12/h2-7,19H,9H2,1H3. The van der Waals surface area contributed by atoms with E-state index in [2.05, 4.69) is 5.32 Å². The van der Waals surface area contributed by atoms with Gasteiger partial charge >= 0.3 is 0 Å². The molecule has 0 spiro atoms. The van der Waals surface area contributed by atoms with Crippen molar-refractivity contribution < 1.29 is 8.78 Å². The van der Waals surface area contributed by atoms with Gasteiger partial charge in [0.2, 0.25) is 0 Å². The van der Waals surface area contributed by atoms with Gasteiger partial charge in [0.25, 0.3) is 0 Å². The third kappa shape index (κ3) is 2.95. The van der Waals surface area contributed by atoms with Crippen molar-refractivity contribution in [3.63, 3.8) is 0 Å². The van der Waals surface area contributed by atoms with E-state index in [-0.39, 0.29) is 11.4 Å². The fourth-order valence-electron chi connectivity index (χ4n) is 1.90. The summed E-state index contributed by atoms with van der Waals surface area (Å²) in [4.78, 5) is 0. The van der Waals surface area contributed by atoms with E-state index < -0.39 is 5.82 Å². The van der Waals surface area contributed by atoms with Crippen molar-refractivity contribution in [3.8, 4) is 17.2 Å². The normalized spacial score (nSPS) is 10.2. The highest BCUT2D eigenvalue weighted by Gasteiger charge is 2.07. The summed E-state index contributed by atoms with van der Waals surface area (Å²) in [5.74, 6) is -0.788. The van der Waals surface area contributed by atoms with Crippen LogP contribution < -0.4 is 5.32 Å². The molecule has 0 bridgehead atoms. The Morgan fingerprint density at radius 1 is 1.11 bits per heavy atom. The van der Waals surface area contributed by atoms with Gasteiger partial charge in [0.05, 0.1) is 11.6 Å². The second-order valence-corrected chi connectivity index (χ2v) is 4.18. The van der Waals surface area contributed by atoms with Gasteiger partial charge in [-0.25, -0.2) is 8.78 Å². The number of halogens is 2. The molecule has 4 heteroatoms. The molecule has 2 aromatic rings. The lowest BCUT2D eigenvalue weighted by Gasteiger charge is -2.07.